The number of sulfonamides is 1. The van der Waals surface area contributed by atoms with Crippen molar-refractivity contribution in [2.45, 2.75) is 11.1 Å². The minimum Gasteiger partial charge on any atom is -0.280 e. The van der Waals surface area contributed by atoms with E-state index in [2.05, 4.69) is 20.7 Å². The molecule has 0 heterocycles. The van der Waals surface area contributed by atoms with Crippen molar-refractivity contribution in [3.8, 4) is 0 Å². The fourth-order valence-corrected chi connectivity index (χ4v) is 3.39. The number of benzene rings is 2. The Balaban J connectivity index is 2.41. The van der Waals surface area contributed by atoms with Gasteiger partial charge in [-0.2, -0.15) is 13.2 Å². The van der Waals surface area contributed by atoms with Gasteiger partial charge in [0.05, 0.1) is 10.5 Å². The van der Waals surface area contributed by atoms with Crippen LogP contribution in [0, 0.1) is 5.82 Å². The molecule has 0 amide bonds. The van der Waals surface area contributed by atoms with Crippen LogP contribution in [0.3, 0.4) is 0 Å². The van der Waals surface area contributed by atoms with E-state index in [1.807, 2.05) is 0 Å². The van der Waals surface area contributed by atoms with E-state index < -0.39 is 32.5 Å². The minimum atomic E-state index is -4.68. The van der Waals surface area contributed by atoms with Crippen LogP contribution in [0.4, 0.5) is 23.2 Å². The van der Waals surface area contributed by atoms with Crippen LogP contribution in [0.15, 0.2) is 51.8 Å². The Kier molecular flexibility index (Phi) is 4.48. The standard InChI is InChI=1S/C13H8BrF4NO2S/c14-9-5-8(13(16,17)18)6-12(7-9)22(20,21)19-11-3-1-10(15)2-4-11/h1-7,19H. The molecule has 0 bridgehead atoms. The lowest BCUT2D eigenvalue weighted by atomic mass is 10.2. The smallest absolute Gasteiger partial charge is 0.280 e. The summed E-state index contributed by atoms with van der Waals surface area (Å²) < 4.78 is 77.3. The quantitative estimate of drug-likeness (QED) is 0.779. The van der Waals surface area contributed by atoms with E-state index in [0.717, 1.165) is 36.4 Å². The van der Waals surface area contributed by atoms with Crippen molar-refractivity contribution in [2.24, 2.45) is 0 Å². The molecular weight excluding hydrogens is 390 g/mol. The molecule has 0 saturated carbocycles. The first-order valence-corrected chi connectivity index (χ1v) is 8.02. The average Bonchev–Trinajstić information content (AvgIpc) is 2.39. The molecule has 3 nitrogen and oxygen atoms in total. The molecule has 2 rings (SSSR count). The molecule has 0 atom stereocenters. The summed E-state index contributed by atoms with van der Waals surface area (Å²) in [6.07, 6.45) is -4.68. The maximum atomic E-state index is 12.8. The van der Waals surface area contributed by atoms with E-state index in [4.69, 9.17) is 0 Å². The van der Waals surface area contributed by atoms with Gasteiger partial charge in [-0.3, -0.25) is 4.72 Å². The van der Waals surface area contributed by atoms with Gasteiger partial charge in [-0.15, -0.1) is 0 Å². The van der Waals surface area contributed by atoms with Gasteiger partial charge in [-0.05, 0) is 42.5 Å². The summed E-state index contributed by atoms with van der Waals surface area (Å²) in [7, 11) is -4.23. The zero-order valence-electron chi connectivity index (χ0n) is 10.7. The third-order valence-corrected chi connectivity index (χ3v) is 4.42. The molecule has 0 fully saturated rings. The number of nitrogens with one attached hydrogen (secondary N) is 1. The molecule has 0 aliphatic rings. The predicted octanol–water partition coefficient (Wildman–Crippen LogP) is 4.41. The number of rotatable bonds is 3. The van der Waals surface area contributed by atoms with Crippen LogP contribution in [-0.2, 0) is 16.2 Å². The Hall–Kier alpha value is -1.61. The van der Waals surface area contributed by atoms with Crippen LogP contribution in [0.5, 0.6) is 0 Å². The van der Waals surface area contributed by atoms with Crippen LogP contribution in [-0.4, -0.2) is 8.42 Å². The van der Waals surface area contributed by atoms with Crippen molar-refractivity contribution < 1.29 is 26.0 Å². The van der Waals surface area contributed by atoms with Crippen LogP contribution < -0.4 is 4.72 Å². The Morgan fingerprint density at radius 2 is 1.59 bits per heavy atom. The second-order valence-electron chi connectivity index (χ2n) is 4.29. The Morgan fingerprint density at radius 3 is 2.14 bits per heavy atom. The van der Waals surface area contributed by atoms with Gasteiger partial charge in [0.15, 0.2) is 0 Å². The van der Waals surface area contributed by atoms with E-state index in [-0.39, 0.29) is 10.2 Å². The summed E-state index contributed by atoms with van der Waals surface area (Å²) in [5.74, 6) is -0.565. The van der Waals surface area contributed by atoms with E-state index >= 15 is 0 Å². The molecule has 2 aromatic rings. The highest BCUT2D eigenvalue weighted by atomic mass is 79.9. The second-order valence-corrected chi connectivity index (χ2v) is 6.88. The lowest BCUT2D eigenvalue weighted by Crippen LogP contribution is -2.15. The average molecular weight is 398 g/mol. The van der Waals surface area contributed by atoms with Gasteiger partial charge in [0, 0.05) is 10.2 Å². The molecule has 22 heavy (non-hydrogen) atoms. The van der Waals surface area contributed by atoms with Gasteiger partial charge in [-0.1, -0.05) is 15.9 Å². The van der Waals surface area contributed by atoms with Crippen molar-refractivity contribution in [2.75, 3.05) is 4.72 Å². The fourth-order valence-electron chi connectivity index (χ4n) is 1.61. The van der Waals surface area contributed by atoms with Gasteiger partial charge in [0.25, 0.3) is 10.0 Å². The van der Waals surface area contributed by atoms with Crippen molar-refractivity contribution in [1.29, 1.82) is 0 Å². The third-order valence-electron chi connectivity index (χ3n) is 2.61. The predicted molar refractivity (Wildman–Crippen MR) is 76.4 cm³/mol. The molecule has 0 aliphatic heterocycles. The maximum Gasteiger partial charge on any atom is 0.416 e. The van der Waals surface area contributed by atoms with E-state index in [1.165, 1.54) is 0 Å². The van der Waals surface area contributed by atoms with E-state index in [9.17, 15) is 26.0 Å². The van der Waals surface area contributed by atoms with Crippen molar-refractivity contribution >= 4 is 31.6 Å². The summed E-state index contributed by atoms with van der Waals surface area (Å²) in [5, 5.41) is 0. The first kappa shape index (κ1) is 16.8. The molecular formula is C13H8BrF4NO2S. The van der Waals surface area contributed by atoms with Crippen molar-refractivity contribution in [1.82, 2.24) is 0 Å². The molecule has 0 radical (unpaired) electrons. The topological polar surface area (TPSA) is 46.2 Å². The highest BCUT2D eigenvalue weighted by molar-refractivity contribution is 9.10. The molecule has 2 aromatic carbocycles. The molecule has 0 aliphatic carbocycles. The zero-order chi connectivity index (χ0) is 16.5. The molecule has 0 aromatic heterocycles. The largest absolute Gasteiger partial charge is 0.416 e. The maximum absolute atomic E-state index is 12.8. The zero-order valence-corrected chi connectivity index (χ0v) is 13.1. The third kappa shape index (κ3) is 3.98. The van der Waals surface area contributed by atoms with Crippen LogP contribution in [0.1, 0.15) is 5.56 Å². The molecule has 9 heteroatoms. The molecule has 1 N–H and O–H groups in total. The molecule has 0 unspecified atom stereocenters. The fraction of sp³-hybridized carbons (Fsp3) is 0.0769. The summed E-state index contributed by atoms with van der Waals surface area (Å²) in [4.78, 5) is -0.557. The number of alkyl halides is 3. The van der Waals surface area contributed by atoms with Crippen LogP contribution >= 0.6 is 15.9 Å². The summed E-state index contributed by atoms with van der Waals surface area (Å²) in [5.41, 5.74) is -1.06. The minimum absolute atomic E-state index is 0.0261. The summed E-state index contributed by atoms with van der Waals surface area (Å²) in [6, 6.07) is 6.72. The van der Waals surface area contributed by atoms with Crippen molar-refractivity contribution in [3.05, 3.63) is 58.3 Å². The van der Waals surface area contributed by atoms with Gasteiger partial charge >= 0.3 is 6.18 Å². The monoisotopic (exact) mass is 397 g/mol. The SMILES string of the molecule is O=S(=O)(Nc1ccc(F)cc1)c1cc(Br)cc(C(F)(F)F)c1. The number of anilines is 1. The van der Waals surface area contributed by atoms with Crippen LogP contribution in [0.2, 0.25) is 0 Å². The lowest BCUT2D eigenvalue weighted by Gasteiger charge is -2.12. The summed E-state index contributed by atoms with van der Waals surface area (Å²) in [6.45, 7) is 0. The summed E-state index contributed by atoms with van der Waals surface area (Å²) >= 11 is 2.85. The van der Waals surface area contributed by atoms with E-state index in [0.29, 0.717) is 6.07 Å². The Labute approximate surface area is 132 Å². The molecule has 118 valence electrons. The van der Waals surface area contributed by atoms with Gasteiger partial charge in [0.2, 0.25) is 0 Å². The highest BCUT2D eigenvalue weighted by Gasteiger charge is 2.32. The van der Waals surface area contributed by atoms with Gasteiger partial charge in [-0.25, -0.2) is 12.8 Å². The lowest BCUT2D eigenvalue weighted by molar-refractivity contribution is -0.137. The Morgan fingerprint density at radius 1 is 1.00 bits per heavy atom. The highest BCUT2D eigenvalue weighted by Crippen LogP contribution is 2.33. The number of hydrogen-bond acceptors (Lipinski definition) is 2. The number of hydrogen-bond donors (Lipinski definition) is 1. The first-order valence-electron chi connectivity index (χ1n) is 5.74. The van der Waals surface area contributed by atoms with Crippen molar-refractivity contribution in [3.63, 3.8) is 0 Å². The second kappa shape index (κ2) is 5.88. The van der Waals surface area contributed by atoms with Crippen LogP contribution in [0.25, 0.3) is 0 Å². The number of halogens is 5. The van der Waals surface area contributed by atoms with Gasteiger partial charge < -0.3 is 0 Å². The molecule has 0 spiro atoms. The van der Waals surface area contributed by atoms with E-state index in [1.54, 1.807) is 0 Å². The normalized spacial score (nSPS) is 12.2. The Bertz CT molecular complexity index is 789. The van der Waals surface area contributed by atoms with Gasteiger partial charge in [0.1, 0.15) is 5.82 Å². The molecule has 0 saturated heterocycles. The first-order chi connectivity index (χ1) is 10.1.